The molecule has 0 amide bonds. The molecule has 0 aromatic heterocycles. The van der Waals surface area contributed by atoms with Gasteiger partial charge in [-0.05, 0) is 49.2 Å². The molecule has 0 fully saturated rings. The summed E-state index contributed by atoms with van der Waals surface area (Å²) in [6.45, 7) is 8.55. The number of aliphatic hydroxyl groups is 1. The summed E-state index contributed by atoms with van der Waals surface area (Å²) in [6.07, 6.45) is 2.68. The first kappa shape index (κ1) is 15.7. The van der Waals surface area contributed by atoms with Gasteiger partial charge in [-0.2, -0.15) is 0 Å². The van der Waals surface area contributed by atoms with Crippen LogP contribution in [0, 0.1) is 13.8 Å². The van der Waals surface area contributed by atoms with E-state index in [1.807, 2.05) is 6.08 Å². The molecule has 0 saturated heterocycles. The first-order valence-corrected chi connectivity index (χ1v) is 6.83. The monoisotopic (exact) mass is 278 g/mol. The third kappa shape index (κ3) is 4.65. The van der Waals surface area contributed by atoms with Gasteiger partial charge in [-0.3, -0.25) is 0 Å². The summed E-state index contributed by atoms with van der Waals surface area (Å²) in [5.74, 6) is 0. The average Bonchev–Trinajstić information content (AvgIpc) is 2.39. The van der Waals surface area contributed by atoms with Gasteiger partial charge in [-0.25, -0.2) is 0 Å². The zero-order chi connectivity index (χ0) is 14.3. The minimum Gasteiger partial charge on any atom is -0.395 e. The van der Waals surface area contributed by atoms with Crippen molar-refractivity contribution in [2.45, 2.75) is 26.3 Å². The van der Waals surface area contributed by atoms with Crippen LogP contribution < -0.4 is 10.6 Å². The van der Waals surface area contributed by atoms with E-state index in [1.165, 1.54) is 16.7 Å². The van der Waals surface area contributed by atoms with Crippen molar-refractivity contribution in [3.05, 3.63) is 47.5 Å². The number of rotatable bonds is 6. The topological polar surface area (TPSA) is 44.3 Å². The van der Waals surface area contributed by atoms with Crippen molar-refractivity contribution in [3.63, 3.8) is 0 Å². The molecule has 0 bridgehead atoms. The Hall–Kier alpha value is -1.39. The highest BCUT2D eigenvalue weighted by Gasteiger charge is 2.14. The van der Waals surface area contributed by atoms with Crippen LogP contribution in [0.3, 0.4) is 0 Å². The number of thiocarbonyl (C=S) groups is 1. The minimum atomic E-state index is 0.0669. The van der Waals surface area contributed by atoms with E-state index >= 15 is 0 Å². The van der Waals surface area contributed by atoms with E-state index in [0.29, 0.717) is 11.7 Å². The van der Waals surface area contributed by atoms with Gasteiger partial charge in [0.15, 0.2) is 5.11 Å². The van der Waals surface area contributed by atoms with Crippen LogP contribution in [-0.2, 0) is 0 Å². The molecule has 104 valence electrons. The molecule has 1 unspecified atom stereocenters. The third-order valence-electron chi connectivity index (χ3n) is 3.13. The standard InChI is InChI=1S/C15H22N2OS/c1-4-6-14(17-15(19)16-9-10-18)13-8-5-7-11(2)12(13)3/h4-5,7-8,14,18H,1,6,9-10H2,2-3H3,(H2,16,17,19). The second-order valence-corrected chi connectivity index (χ2v) is 4.90. The molecule has 0 aliphatic carbocycles. The molecule has 1 aromatic rings. The summed E-state index contributed by atoms with van der Waals surface area (Å²) in [6, 6.07) is 6.38. The highest BCUT2D eigenvalue weighted by Crippen LogP contribution is 2.23. The van der Waals surface area contributed by atoms with Crippen LogP contribution in [-0.4, -0.2) is 23.4 Å². The average molecular weight is 278 g/mol. The molecule has 3 N–H and O–H groups in total. The lowest BCUT2D eigenvalue weighted by Gasteiger charge is -2.22. The first-order valence-electron chi connectivity index (χ1n) is 6.42. The van der Waals surface area contributed by atoms with E-state index in [-0.39, 0.29) is 12.6 Å². The maximum absolute atomic E-state index is 8.78. The van der Waals surface area contributed by atoms with Crippen molar-refractivity contribution in [2.24, 2.45) is 0 Å². The number of benzene rings is 1. The van der Waals surface area contributed by atoms with Crippen LogP contribution in [0.2, 0.25) is 0 Å². The van der Waals surface area contributed by atoms with E-state index in [1.54, 1.807) is 0 Å². The number of aliphatic hydroxyl groups excluding tert-OH is 1. The molecular weight excluding hydrogens is 256 g/mol. The highest BCUT2D eigenvalue weighted by atomic mass is 32.1. The molecule has 0 spiro atoms. The van der Waals surface area contributed by atoms with E-state index in [0.717, 1.165) is 6.42 Å². The van der Waals surface area contributed by atoms with Crippen molar-refractivity contribution in [1.82, 2.24) is 10.6 Å². The fourth-order valence-corrected chi connectivity index (χ4v) is 2.20. The molecule has 0 aliphatic rings. The number of nitrogens with one attached hydrogen (secondary N) is 2. The summed E-state index contributed by atoms with van der Waals surface area (Å²) in [7, 11) is 0. The molecule has 3 nitrogen and oxygen atoms in total. The second kappa shape index (κ2) is 7.92. The Kier molecular flexibility index (Phi) is 6.53. The van der Waals surface area contributed by atoms with Crippen molar-refractivity contribution < 1.29 is 5.11 Å². The normalized spacial score (nSPS) is 11.7. The fourth-order valence-electron chi connectivity index (χ4n) is 1.96. The van der Waals surface area contributed by atoms with E-state index in [4.69, 9.17) is 17.3 Å². The SMILES string of the molecule is C=CCC(NC(=S)NCCO)c1cccc(C)c1C. The lowest BCUT2D eigenvalue weighted by atomic mass is 9.95. The maximum atomic E-state index is 8.78. The molecule has 4 heteroatoms. The van der Waals surface area contributed by atoms with Gasteiger partial charge in [0.25, 0.3) is 0 Å². The van der Waals surface area contributed by atoms with Gasteiger partial charge in [0.05, 0.1) is 12.6 Å². The zero-order valence-corrected chi connectivity index (χ0v) is 12.4. The van der Waals surface area contributed by atoms with Gasteiger partial charge in [0, 0.05) is 6.54 Å². The molecule has 1 atom stereocenters. The maximum Gasteiger partial charge on any atom is 0.166 e. The zero-order valence-electron chi connectivity index (χ0n) is 11.6. The predicted molar refractivity (Wildman–Crippen MR) is 84.3 cm³/mol. The molecule has 0 heterocycles. The summed E-state index contributed by atoms with van der Waals surface area (Å²) in [4.78, 5) is 0. The Morgan fingerprint density at radius 1 is 1.47 bits per heavy atom. The smallest absolute Gasteiger partial charge is 0.166 e. The van der Waals surface area contributed by atoms with Crippen LogP contribution in [0.4, 0.5) is 0 Å². The lowest BCUT2D eigenvalue weighted by molar-refractivity contribution is 0.300. The predicted octanol–water partition coefficient (Wildman–Crippen LogP) is 2.38. The number of aryl methyl sites for hydroxylation is 1. The van der Waals surface area contributed by atoms with Crippen molar-refractivity contribution in [2.75, 3.05) is 13.2 Å². The van der Waals surface area contributed by atoms with E-state index in [2.05, 4.69) is 49.3 Å². The fraction of sp³-hybridized carbons (Fsp3) is 0.400. The second-order valence-electron chi connectivity index (χ2n) is 4.49. The van der Waals surface area contributed by atoms with Crippen molar-refractivity contribution in [3.8, 4) is 0 Å². The summed E-state index contributed by atoms with van der Waals surface area (Å²) < 4.78 is 0. The Bertz CT molecular complexity index is 446. The molecule has 0 saturated carbocycles. The summed E-state index contributed by atoms with van der Waals surface area (Å²) in [5, 5.41) is 15.6. The van der Waals surface area contributed by atoms with Crippen molar-refractivity contribution >= 4 is 17.3 Å². The largest absolute Gasteiger partial charge is 0.395 e. The summed E-state index contributed by atoms with van der Waals surface area (Å²) in [5.41, 5.74) is 3.77. The Balaban J connectivity index is 2.85. The van der Waals surface area contributed by atoms with Crippen LogP contribution in [0.25, 0.3) is 0 Å². The molecular formula is C15H22N2OS. The first-order chi connectivity index (χ1) is 9.10. The van der Waals surface area contributed by atoms with E-state index in [9.17, 15) is 0 Å². The van der Waals surface area contributed by atoms with Crippen LogP contribution in [0.5, 0.6) is 0 Å². The Labute approximate surface area is 120 Å². The number of hydrogen-bond donors (Lipinski definition) is 3. The van der Waals surface area contributed by atoms with Crippen LogP contribution in [0.1, 0.15) is 29.2 Å². The van der Waals surface area contributed by atoms with Gasteiger partial charge in [-0.15, -0.1) is 6.58 Å². The Morgan fingerprint density at radius 2 is 2.21 bits per heavy atom. The van der Waals surface area contributed by atoms with Gasteiger partial charge in [-0.1, -0.05) is 24.3 Å². The van der Waals surface area contributed by atoms with Crippen LogP contribution in [0.15, 0.2) is 30.9 Å². The lowest BCUT2D eigenvalue weighted by Crippen LogP contribution is -2.39. The van der Waals surface area contributed by atoms with E-state index < -0.39 is 0 Å². The number of hydrogen-bond acceptors (Lipinski definition) is 2. The molecule has 1 aromatic carbocycles. The molecule has 0 aliphatic heterocycles. The highest BCUT2D eigenvalue weighted by molar-refractivity contribution is 7.80. The van der Waals surface area contributed by atoms with Gasteiger partial charge in [0.2, 0.25) is 0 Å². The van der Waals surface area contributed by atoms with Crippen LogP contribution >= 0.6 is 12.2 Å². The third-order valence-corrected chi connectivity index (χ3v) is 3.39. The molecule has 19 heavy (non-hydrogen) atoms. The van der Waals surface area contributed by atoms with Gasteiger partial charge in [0.1, 0.15) is 0 Å². The minimum absolute atomic E-state index is 0.0669. The van der Waals surface area contributed by atoms with Gasteiger partial charge < -0.3 is 15.7 Å². The van der Waals surface area contributed by atoms with Gasteiger partial charge >= 0.3 is 0 Å². The molecule has 1 rings (SSSR count). The molecule has 0 radical (unpaired) electrons. The Morgan fingerprint density at radius 3 is 2.84 bits per heavy atom. The van der Waals surface area contributed by atoms with Crippen molar-refractivity contribution in [1.29, 1.82) is 0 Å². The summed E-state index contributed by atoms with van der Waals surface area (Å²) >= 11 is 5.22. The quantitative estimate of drug-likeness (QED) is 0.552.